The summed E-state index contributed by atoms with van der Waals surface area (Å²) in [5.41, 5.74) is 0.989. The van der Waals surface area contributed by atoms with E-state index in [1.807, 2.05) is 6.92 Å². The predicted octanol–water partition coefficient (Wildman–Crippen LogP) is 1.81. The molecular weight excluding hydrogens is 248 g/mol. The summed E-state index contributed by atoms with van der Waals surface area (Å²) in [5, 5.41) is 1.06. The molecule has 0 unspecified atom stereocenters. The van der Waals surface area contributed by atoms with Crippen molar-refractivity contribution in [1.29, 1.82) is 0 Å². The normalized spacial score (nSPS) is 17.3. The van der Waals surface area contributed by atoms with Crippen LogP contribution in [0.4, 0.5) is 5.82 Å². The summed E-state index contributed by atoms with van der Waals surface area (Å²) in [4.78, 5) is 22.6. The molecule has 0 aromatic carbocycles. The number of nitrogens with zero attached hydrogens (tertiary/aromatic N) is 4. The highest BCUT2D eigenvalue weighted by Gasteiger charge is 2.22. The van der Waals surface area contributed by atoms with Gasteiger partial charge in [0.05, 0.1) is 11.1 Å². The van der Waals surface area contributed by atoms with Crippen LogP contribution in [-0.4, -0.2) is 33.7 Å². The summed E-state index contributed by atoms with van der Waals surface area (Å²) in [7, 11) is 0. The van der Waals surface area contributed by atoms with Crippen molar-refractivity contribution < 1.29 is 4.79 Å². The van der Waals surface area contributed by atoms with Crippen molar-refractivity contribution in [2.24, 2.45) is 5.92 Å². The highest BCUT2D eigenvalue weighted by Crippen LogP contribution is 2.30. The summed E-state index contributed by atoms with van der Waals surface area (Å²) >= 11 is 1.41. The van der Waals surface area contributed by atoms with E-state index >= 15 is 0 Å². The minimum absolute atomic E-state index is 0.209. The van der Waals surface area contributed by atoms with Crippen LogP contribution in [0.3, 0.4) is 0 Å². The molecule has 0 N–H and O–H groups in total. The number of carbonyl (C=O) groups excluding carboxylic acids is 1. The van der Waals surface area contributed by atoms with E-state index in [0.717, 1.165) is 53.9 Å². The third-order valence-corrected chi connectivity index (χ3v) is 4.30. The molecule has 0 saturated carbocycles. The first-order valence-corrected chi connectivity index (χ1v) is 6.84. The molecule has 18 heavy (non-hydrogen) atoms. The highest BCUT2D eigenvalue weighted by molar-refractivity contribution is 7.13. The number of carbonyl (C=O) groups is 1. The van der Waals surface area contributed by atoms with Gasteiger partial charge in [-0.1, -0.05) is 0 Å². The second-order valence-corrected chi connectivity index (χ2v) is 5.36. The van der Waals surface area contributed by atoms with Gasteiger partial charge in [-0.3, -0.25) is 0 Å². The van der Waals surface area contributed by atoms with E-state index in [4.69, 9.17) is 0 Å². The van der Waals surface area contributed by atoms with Crippen LogP contribution in [0.5, 0.6) is 0 Å². The number of hydrogen-bond acceptors (Lipinski definition) is 6. The second kappa shape index (κ2) is 4.61. The highest BCUT2D eigenvalue weighted by atomic mass is 32.1. The van der Waals surface area contributed by atoms with Crippen LogP contribution < -0.4 is 4.90 Å². The molecule has 5 nitrogen and oxygen atoms in total. The van der Waals surface area contributed by atoms with Crippen molar-refractivity contribution in [1.82, 2.24) is 14.3 Å². The number of anilines is 1. The molecule has 3 rings (SSSR count). The van der Waals surface area contributed by atoms with Gasteiger partial charge in [0.25, 0.3) is 0 Å². The number of hydrogen-bond donors (Lipinski definition) is 0. The van der Waals surface area contributed by atoms with E-state index in [1.165, 1.54) is 11.5 Å². The van der Waals surface area contributed by atoms with Gasteiger partial charge in [0, 0.05) is 19.0 Å². The third kappa shape index (κ3) is 1.86. The van der Waals surface area contributed by atoms with Crippen LogP contribution in [0.2, 0.25) is 0 Å². The smallest absolute Gasteiger partial charge is 0.149 e. The summed E-state index contributed by atoms with van der Waals surface area (Å²) < 4.78 is 4.34. The van der Waals surface area contributed by atoms with Crippen molar-refractivity contribution in [3.63, 3.8) is 0 Å². The molecule has 0 bridgehead atoms. The van der Waals surface area contributed by atoms with Gasteiger partial charge in [-0.25, -0.2) is 9.97 Å². The topological polar surface area (TPSA) is 59.0 Å². The Hall–Kier alpha value is -1.56. The van der Waals surface area contributed by atoms with E-state index in [-0.39, 0.29) is 5.92 Å². The Bertz CT molecular complexity index is 574. The lowest BCUT2D eigenvalue weighted by Gasteiger charge is -2.30. The second-order valence-electron chi connectivity index (χ2n) is 4.61. The molecule has 0 aliphatic carbocycles. The number of piperidine rings is 1. The molecule has 2 aromatic heterocycles. The average molecular weight is 262 g/mol. The summed E-state index contributed by atoms with van der Waals surface area (Å²) in [6, 6.07) is 0. The van der Waals surface area contributed by atoms with Crippen molar-refractivity contribution in [2.45, 2.75) is 19.8 Å². The maximum absolute atomic E-state index is 10.8. The Morgan fingerprint density at radius 2 is 2.17 bits per heavy atom. The standard InChI is InChI=1S/C12H14N4OS/c1-8-10-11(13-7-14-12(10)18-15-8)16-4-2-9(6-17)3-5-16/h6-7,9H,2-5H2,1H3. The largest absolute Gasteiger partial charge is 0.356 e. The van der Waals surface area contributed by atoms with E-state index in [1.54, 1.807) is 6.33 Å². The van der Waals surface area contributed by atoms with E-state index in [9.17, 15) is 4.79 Å². The summed E-state index contributed by atoms with van der Waals surface area (Å²) in [5.74, 6) is 1.18. The molecule has 0 amide bonds. The van der Waals surface area contributed by atoms with Gasteiger partial charge >= 0.3 is 0 Å². The van der Waals surface area contributed by atoms with Crippen molar-refractivity contribution in [2.75, 3.05) is 18.0 Å². The first-order chi connectivity index (χ1) is 8.79. The van der Waals surface area contributed by atoms with Crippen molar-refractivity contribution in [3.8, 4) is 0 Å². The van der Waals surface area contributed by atoms with Gasteiger partial charge in [0.2, 0.25) is 0 Å². The molecule has 1 aliphatic heterocycles. The Labute approximate surface area is 109 Å². The average Bonchev–Trinajstić information content (AvgIpc) is 2.81. The zero-order valence-corrected chi connectivity index (χ0v) is 11.0. The quantitative estimate of drug-likeness (QED) is 0.772. The van der Waals surface area contributed by atoms with Crippen LogP contribution in [0, 0.1) is 12.8 Å². The lowest BCUT2D eigenvalue weighted by molar-refractivity contribution is -0.111. The minimum Gasteiger partial charge on any atom is -0.356 e. The van der Waals surface area contributed by atoms with E-state index < -0.39 is 0 Å². The first kappa shape index (κ1) is 11.5. The van der Waals surface area contributed by atoms with Gasteiger partial charge in [-0.15, -0.1) is 0 Å². The fourth-order valence-corrected chi connectivity index (χ4v) is 3.13. The maximum Gasteiger partial charge on any atom is 0.149 e. The zero-order valence-electron chi connectivity index (χ0n) is 10.2. The van der Waals surface area contributed by atoms with Crippen LogP contribution in [0.15, 0.2) is 6.33 Å². The Balaban J connectivity index is 1.95. The summed E-state index contributed by atoms with van der Waals surface area (Å²) in [6.07, 6.45) is 4.49. The molecule has 94 valence electrons. The lowest BCUT2D eigenvalue weighted by Crippen LogP contribution is -2.34. The third-order valence-electron chi connectivity index (χ3n) is 3.45. The van der Waals surface area contributed by atoms with Crippen molar-refractivity contribution in [3.05, 3.63) is 12.0 Å². The van der Waals surface area contributed by atoms with Crippen molar-refractivity contribution >= 4 is 33.9 Å². The van der Waals surface area contributed by atoms with Crippen LogP contribution in [0.25, 0.3) is 10.2 Å². The number of rotatable bonds is 2. The molecule has 6 heteroatoms. The van der Waals surface area contributed by atoms with Crippen LogP contribution >= 0.6 is 11.5 Å². The Morgan fingerprint density at radius 3 is 2.89 bits per heavy atom. The predicted molar refractivity (Wildman–Crippen MR) is 70.9 cm³/mol. The van der Waals surface area contributed by atoms with Gasteiger partial charge in [0.15, 0.2) is 0 Å². The molecule has 0 radical (unpaired) electrons. The monoisotopic (exact) mass is 262 g/mol. The molecule has 1 fully saturated rings. The molecular formula is C12H14N4OS. The van der Waals surface area contributed by atoms with Gasteiger partial charge in [-0.2, -0.15) is 4.37 Å². The maximum atomic E-state index is 10.8. The number of aldehydes is 1. The SMILES string of the molecule is Cc1nsc2ncnc(N3CCC(C=O)CC3)c12. The fraction of sp³-hybridized carbons (Fsp3) is 0.500. The molecule has 2 aromatic rings. The fourth-order valence-electron chi connectivity index (χ4n) is 2.39. The number of fused-ring (bicyclic) bond motifs is 1. The van der Waals surface area contributed by atoms with Gasteiger partial charge < -0.3 is 9.69 Å². The molecule has 0 spiro atoms. The zero-order chi connectivity index (χ0) is 12.5. The molecule has 1 aliphatic rings. The van der Waals surface area contributed by atoms with Gasteiger partial charge in [0.1, 0.15) is 23.3 Å². The van der Waals surface area contributed by atoms with Crippen LogP contribution in [-0.2, 0) is 4.79 Å². The first-order valence-electron chi connectivity index (χ1n) is 6.07. The Morgan fingerprint density at radius 1 is 1.39 bits per heavy atom. The Kier molecular flexibility index (Phi) is 2.95. The summed E-state index contributed by atoms with van der Waals surface area (Å²) in [6.45, 7) is 3.75. The van der Waals surface area contributed by atoms with E-state index in [0.29, 0.717) is 0 Å². The lowest BCUT2D eigenvalue weighted by atomic mass is 9.98. The molecule has 0 atom stereocenters. The number of aryl methyl sites for hydroxylation is 1. The number of aromatic nitrogens is 3. The van der Waals surface area contributed by atoms with Crippen LogP contribution in [0.1, 0.15) is 18.5 Å². The minimum atomic E-state index is 0.209. The molecule has 1 saturated heterocycles. The van der Waals surface area contributed by atoms with Gasteiger partial charge in [-0.05, 0) is 31.3 Å². The molecule has 3 heterocycles. The van der Waals surface area contributed by atoms with E-state index in [2.05, 4.69) is 19.2 Å².